The molecule has 150 valence electrons. The van der Waals surface area contributed by atoms with Crippen LogP contribution in [0.25, 0.3) is 11.1 Å². The van der Waals surface area contributed by atoms with E-state index in [1.807, 2.05) is 36.4 Å². The van der Waals surface area contributed by atoms with Gasteiger partial charge in [-0.1, -0.05) is 42.5 Å². The highest BCUT2D eigenvalue weighted by Crippen LogP contribution is 2.39. The maximum Gasteiger partial charge on any atom is 0.420 e. The second-order valence-electron chi connectivity index (χ2n) is 5.96. The molecule has 0 saturated carbocycles. The van der Waals surface area contributed by atoms with Crippen LogP contribution in [-0.2, 0) is 6.18 Å². The molecule has 0 unspecified atom stereocenters. The molecule has 0 bridgehead atoms. The molecule has 2 nitrogen and oxygen atoms in total. The summed E-state index contributed by atoms with van der Waals surface area (Å²) in [6, 6.07) is 20.5. The number of ether oxygens (including phenoxy) is 2. The average molecular weight is 528 g/mol. The van der Waals surface area contributed by atoms with E-state index >= 15 is 0 Å². The predicted octanol–water partition coefficient (Wildman–Crippen LogP) is 8.17. The van der Waals surface area contributed by atoms with E-state index in [0.29, 0.717) is 9.14 Å². The molecule has 29 heavy (non-hydrogen) atoms. The van der Waals surface area contributed by atoms with Crippen LogP contribution in [0.4, 0.5) is 13.2 Å². The monoisotopic (exact) mass is 526 g/mol. The lowest BCUT2D eigenvalue weighted by atomic mass is 10.1. The molecule has 0 aliphatic heterocycles. The van der Waals surface area contributed by atoms with Gasteiger partial charge >= 0.3 is 6.18 Å². The van der Waals surface area contributed by atoms with E-state index in [4.69, 9.17) is 9.47 Å². The molecule has 0 spiro atoms. The minimum absolute atomic E-state index is 0.0196. The van der Waals surface area contributed by atoms with Crippen molar-refractivity contribution in [1.82, 2.24) is 0 Å². The summed E-state index contributed by atoms with van der Waals surface area (Å²) in [7, 11) is 0. The smallest absolute Gasteiger partial charge is 0.420 e. The summed E-state index contributed by atoms with van der Waals surface area (Å²) in [6.45, 7) is -0.0196. The standard InChI is InChI=1S/C22H15Br2F3O2/c23-21(24)11-12-28-20-10-9-18(14-19(20)22(25,26)27)29-17-8-4-7-16(13-17)15-5-2-1-3-6-15/h1-11,13-14H,12H2. The van der Waals surface area contributed by atoms with Crippen LogP contribution < -0.4 is 9.47 Å². The average Bonchev–Trinajstić information content (AvgIpc) is 2.69. The molecule has 3 aromatic carbocycles. The Morgan fingerprint density at radius 1 is 0.828 bits per heavy atom. The number of alkyl halides is 3. The van der Waals surface area contributed by atoms with Gasteiger partial charge in [-0.25, -0.2) is 0 Å². The van der Waals surface area contributed by atoms with Gasteiger partial charge in [0.1, 0.15) is 29.4 Å². The van der Waals surface area contributed by atoms with Crippen molar-refractivity contribution < 1.29 is 22.6 Å². The quantitative estimate of drug-likeness (QED) is 0.322. The summed E-state index contributed by atoms with van der Waals surface area (Å²) >= 11 is 6.27. The molecule has 0 heterocycles. The van der Waals surface area contributed by atoms with Crippen LogP contribution in [-0.4, -0.2) is 6.61 Å². The van der Waals surface area contributed by atoms with Crippen molar-refractivity contribution in [2.75, 3.05) is 6.61 Å². The zero-order valence-corrected chi connectivity index (χ0v) is 18.1. The van der Waals surface area contributed by atoms with Crippen molar-refractivity contribution in [3.63, 3.8) is 0 Å². The van der Waals surface area contributed by atoms with Gasteiger partial charge in [0, 0.05) is 0 Å². The molecule has 0 amide bonds. The van der Waals surface area contributed by atoms with Gasteiger partial charge in [-0.2, -0.15) is 13.2 Å². The lowest BCUT2D eigenvalue weighted by Gasteiger charge is -2.15. The fourth-order valence-corrected chi connectivity index (χ4v) is 2.88. The van der Waals surface area contributed by atoms with Gasteiger partial charge < -0.3 is 9.47 Å². The van der Waals surface area contributed by atoms with Crippen molar-refractivity contribution in [2.45, 2.75) is 6.18 Å². The third-order valence-corrected chi connectivity index (χ3v) is 4.56. The summed E-state index contributed by atoms with van der Waals surface area (Å²) in [5.74, 6) is 0.256. The Morgan fingerprint density at radius 3 is 2.21 bits per heavy atom. The lowest BCUT2D eigenvalue weighted by Crippen LogP contribution is -2.09. The Labute approximate surface area is 183 Å². The summed E-state index contributed by atoms with van der Waals surface area (Å²) in [5.41, 5.74) is 1.00. The Hall–Kier alpha value is -2.25. The van der Waals surface area contributed by atoms with Crippen LogP contribution in [0.5, 0.6) is 17.2 Å². The summed E-state index contributed by atoms with van der Waals surface area (Å²) in [5, 5.41) is 0. The van der Waals surface area contributed by atoms with Crippen molar-refractivity contribution in [2.24, 2.45) is 0 Å². The number of benzene rings is 3. The topological polar surface area (TPSA) is 18.5 Å². The first-order valence-electron chi connectivity index (χ1n) is 8.51. The van der Waals surface area contributed by atoms with Crippen molar-refractivity contribution >= 4 is 31.9 Å². The van der Waals surface area contributed by atoms with Gasteiger partial charge in [0.25, 0.3) is 0 Å². The molecular weight excluding hydrogens is 513 g/mol. The number of halogens is 5. The minimum Gasteiger partial charge on any atom is -0.489 e. The number of rotatable bonds is 6. The highest BCUT2D eigenvalue weighted by atomic mass is 79.9. The van der Waals surface area contributed by atoms with E-state index in [-0.39, 0.29) is 18.1 Å². The lowest BCUT2D eigenvalue weighted by molar-refractivity contribution is -0.138. The Bertz CT molecular complexity index is 998. The largest absolute Gasteiger partial charge is 0.489 e. The maximum absolute atomic E-state index is 13.5. The van der Waals surface area contributed by atoms with Crippen molar-refractivity contribution in [1.29, 1.82) is 0 Å². The van der Waals surface area contributed by atoms with Gasteiger partial charge in [-0.15, -0.1) is 0 Å². The predicted molar refractivity (Wildman–Crippen MR) is 115 cm³/mol. The second-order valence-corrected chi connectivity index (χ2v) is 8.73. The molecule has 0 fully saturated rings. The van der Waals surface area contributed by atoms with E-state index in [2.05, 4.69) is 31.9 Å². The van der Waals surface area contributed by atoms with Gasteiger partial charge in [0.05, 0.1) is 3.39 Å². The van der Waals surface area contributed by atoms with Crippen LogP contribution >= 0.6 is 31.9 Å². The van der Waals surface area contributed by atoms with Gasteiger partial charge in [-0.05, 0) is 79.4 Å². The summed E-state index contributed by atoms with van der Waals surface area (Å²) in [4.78, 5) is 0. The number of hydrogen-bond donors (Lipinski definition) is 0. The molecule has 0 radical (unpaired) electrons. The van der Waals surface area contributed by atoms with Gasteiger partial charge in [-0.3, -0.25) is 0 Å². The van der Waals surface area contributed by atoms with Crippen LogP contribution in [0.3, 0.4) is 0 Å². The first kappa shape index (κ1) is 21.5. The highest BCUT2D eigenvalue weighted by Gasteiger charge is 2.35. The molecule has 0 saturated heterocycles. The molecule has 7 heteroatoms. The zero-order chi connectivity index (χ0) is 20.9. The van der Waals surface area contributed by atoms with Crippen LogP contribution in [0.1, 0.15) is 5.56 Å². The molecule has 0 atom stereocenters. The number of hydrogen-bond acceptors (Lipinski definition) is 2. The molecule has 3 aromatic rings. The summed E-state index contributed by atoms with van der Waals surface area (Å²) < 4.78 is 51.9. The molecule has 0 aliphatic rings. The zero-order valence-electron chi connectivity index (χ0n) is 14.9. The summed E-state index contributed by atoms with van der Waals surface area (Å²) in [6.07, 6.45) is -3.02. The Kier molecular flexibility index (Phi) is 7.03. The molecular formula is C22H15Br2F3O2. The highest BCUT2D eigenvalue weighted by molar-refractivity contribution is 9.28. The van der Waals surface area contributed by atoms with Crippen LogP contribution in [0, 0.1) is 0 Å². The fraction of sp³-hybridized carbons (Fsp3) is 0.0909. The third-order valence-electron chi connectivity index (χ3n) is 3.91. The molecule has 0 aromatic heterocycles. The van der Waals surface area contributed by atoms with E-state index in [0.717, 1.165) is 17.2 Å². The first-order valence-corrected chi connectivity index (χ1v) is 10.1. The first-order chi connectivity index (χ1) is 13.8. The van der Waals surface area contributed by atoms with E-state index in [1.165, 1.54) is 12.1 Å². The van der Waals surface area contributed by atoms with E-state index in [1.54, 1.807) is 24.3 Å². The third kappa shape index (κ3) is 6.11. The van der Waals surface area contributed by atoms with Crippen LogP contribution in [0.15, 0.2) is 82.3 Å². The Morgan fingerprint density at radius 2 is 1.52 bits per heavy atom. The molecule has 0 aliphatic carbocycles. The van der Waals surface area contributed by atoms with Gasteiger partial charge in [0.15, 0.2) is 0 Å². The van der Waals surface area contributed by atoms with Crippen LogP contribution in [0.2, 0.25) is 0 Å². The SMILES string of the molecule is FC(F)(F)c1cc(Oc2cccc(-c3ccccc3)c2)ccc1OCC=C(Br)Br. The van der Waals surface area contributed by atoms with E-state index in [9.17, 15) is 13.2 Å². The fourth-order valence-electron chi connectivity index (χ4n) is 2.62. The van der Waals surface area contributed by atoms with Crippen molar-refractivity contribution in [3.05, 3.63) is 87.8 Å². The normalized spacial score (nSPS) is 11.1. The molecule has 3 rings (SSSR count). The van der Waals surface area contributed by atoms with E-state index < -0.39 is 11.7 Å². The maximum atomic E-state index is 13.5. The van der Waals surface area contributed by atoms with Crippen molar-refractivity contribution in [3.8, 4) is 28.4 Å². The minimum atomic E-state index is -4.57. The second kappa shape index (κ2) is 9.50. The molecule has 0 N–H and O–H groups in total. The van der Waals surface area contributed by atoms with Gasteiger partial charge in [0.2, 0.25) is 0 Å². The Balaban J connectivity index is 1.85.